The molecule has 0 spiro atoms. The Labute approximate surface area is 114 Å². The van der Waals surface area contributed by atoms with E-state index in [-0.39, 0.29) is 6.61 Å². The third kappa shape index (κ3) is 3.74. The van der Waals surface area contributed by atoms with Crippen LogP contribution in [0.25, 0.3) is 11.0 Å². The molecule has 0 aliphatic heterocycles. The van der Waals surface area contributed by atoms with Crippen LogP contribution in [0.5, 0.6) is 0 Å². The average Bonchev–Trinajstić information content (AvgIpc) is 2.75. The van der Waals surface area contributed by atoms with Gasteiger partial charge in [0.05, 0.1) is 12.6 Å². The Morgan fingerprint density at radius 2 is 2.05 bits per heavy atom. The molecule has 2 rings (SSSR count). The normalized spacial score (nSPS) is 13.8. The van der Waals surface area contributed by atoms with Crippen LogP contribution in [0.1, 0.15) is 17.4 Å². The summed E-state index contributed by atoms with van der Waals surface area (Å²) in [6, 6.07) is 7.14. The molecule has 1 atom stereocenters. The summed E-state index contributed by atoms with van der Waals surface area (Å²) >= 11 is 0. The molecule has 0 amide bonds. The van der Waals surface area contributed by atoms with E-state index >= 15 is 0 Å². The van der Waals surface area contributed by atoms with Gasteiger partial charge < -0.3 is 14.5 Å². The molecular weight excluding hydrogens is 271 g/mol. The van der Waals surface area contributed by atoms with Gasteiger partial charge in [-0.1, -0.05) is 11.6 Å². The van der Waals surface area contributed by atoms with E-state index in [2.05, 4.69) is 10.1 Å². The summed E-state index contributed by atoms with van der Waals surface area (Å²) in [6.07, 6.45) is -4.32. The van der Waals surface area contributed by atoms with E-state index in [0.717, 1.165) is 10.9 Å². The van der Waals surface area contributed by atoms with E-state index in [1.54, 1.807) is 7.05 Å². The lowest BCUT2D eigenvalue weighted by Gasteiger charge is -2.14. The number of fused-ring (bicyclic) bond motifs is 1. The minimum atomic E-state index is -4.32. The standard InChI is InChI=1S/C14H16F3NO2/c1-9-3-4-12-10(5-9)6-13(20-12)11(18-2)7-19-8-14(15,16)17/h3-6,11,18H,7-8H2,1-2H3. The van der Waals surface area contributed by atoms with Crippen LogP contribution < -0.4 is 5.32 Å². The smallest absolute Gasteiger partial charge is 0.411 e. The monoisotopic (exact) mass is 287 g/mol. The van der Waals surface area contributed by atoms with Crippen LogP contribution >= 0.6 is 0 Å². The lowest BCUT2D eigenvalue weighted by atomic mass is 10.1. The molecule has 1 aromatic heterocycles. The van der Waals surface area contributed by atoms with Gasteiger partial charge in [-0.2, -0.15) is 13.2 Å². The zero-order valence-electron chi connectivity index (χ0n) is 11.3. The molecule has 6 heteroatoms. The molecule has 110 valence electrons. The van der Waals surface area contributed by atoms with E-state index in [4.69, 9.17) is 4.42 Å². The van der Waals surface area contributed by atoms with Crippen molar-refractivity contribution >= 4 is 11.0 Å². The first-order chi connectivity index (χ1) is 9.39. The van der Waals surface area contributed by atoms with Gasteiger partial charge in [-0.15, -0.1) is 0 Å². The maximum Gasteiger partial charge on any atom is 0.411 e. The number of ether oxygens (including phenoxy) is 1. The van der Waals surface area contributed by atoms with Crippen molar-refractivity contribution in [1.29, 1.82) is 0 Å². The SMILES string of the molecule is CNC(COCC(F)(F)F)c1cc2cc(C)ccc2o1. The number of halogens is 3. The van der Waals surface area contributed by atoms with Gasteiger partial charge in [0.25, 0.3) is 0 Å². The van der Waals surface area contributed by atoms with Crippen molar-refractivity contribution in [2.24, 2.45) is 0 Å². The van der Waals surface area contributed by atoms with Gasteiger partial charge in [-0.25, -0.2) is 0 Å². The fraction of sp³-hybridized carbons (Fsp3) is 0.429. The van der Waals surface area contributed by atoms with Crippen LogP contribution in [0.3, 0.4) is 0 Å². The molecule has 1 N–H and O–H groups in total. The van der Waals surface area contributed by atoms with Gasteiger partial charge in [-0.05, 0) is 32.2 Å². The van der Waals surface area contributed by atoms with E-state index in [1.807, 2.05) is 31.2 Å². The average molecular weight is 287 g/mol. The zero-order chi connectivity index (χ0) is 14.8. The Morgan fingerprint density at radius 1 is 1.30 bits per heavy atom. The van der Waals surface area contributed by atoms with Crippen molar-refractivity contribution in [2.75, 3.05) is 20.3 Å². The number of aryl methyl sites for hydroxylation is 1. The Kier molecular flexibility index (Phi) is 4.35. The van der Waals surface area contributed by atoms with Crippen molar-refractivity contribution in [1.82, 2.24) is 5.32 Å². The summed E-state index contributed by atoms with van der Waals surface area (Å²) in [5.41, 5.74) is 1.81. The first-order valence-electron chi connectivity index (χ1n) is 6.21. The van der Waals surface area contributed by atoms with E-state index in [0.29, 0.717) is 11.3 Å². The van der Waals surface area contributed by atoms with Crippen LogP contribution in [-0.4, -0.2) is 26.4 Å². The molecule has 0 aliphatic carbocycles. The van der Waals surface area contributed by atoms with E-state index in [9.17, 15) is 13.2 Å². The summed E-state index contributed by atoms with van der Waals surface area (Å²) < 4.78 is 46.5. The van der Waals surface area contributed by atoms with Gasteiger partial charge in [0, 0.05) is 5.39 Å². The topological polar surface area (TPSA) is 34.4 Å². The maximum absolute atomic E-state index is 12.1. The third-order valence-electron chi connectivity index (χ3n) is 2.93. The number of furan rings is 1. The second kappa shape index (κ2) is 5.85. The van der Waals surface area contributed by atoms with Gasteiger partial charge in [0.15, 0.2) is 0 Å². The largest absolute Gasteiger partial charge is 0.459 e. The van der Waals surface area contributed by atoms with Gasteiger partial charge >= 0.3 is 6.18 Å². The summed E-state index contributed by atoms with van der Waals surface area (Å²) in [4.78, 5) is 0. The Bertz CT molecular complexity index is 577. The molecule has 3 nitrogen and oxygen atoms in total. The molecule has 0 radical (unpaired) electrons. The molecule has 1 unspecified atom stereocenters. The van der Waals surface area contributed by atoms with Crippen LogP contribution in [0.4, 0.5) is 13.2 Å². The van der Waals surface area contributed by atoms with Crippen LogP contribution in [0.2, 0.25) is 0 Å². The predicted octanol–water partition coefficient (Wildman–Crippen LogP) is 3.58. The van der Waals surface area contributed by atoms with Crippen LogP contribution in [-0.2, 0) is 4.74 Å². The zero-order valence-corrected chi connectivity index (χ0v) is 11.3. The van der Waals surface area contributed by atoms with Crippen LogP contribution in [0.15, 0.2) is 28.7 Å². The second-order valence-corrected chi connectivity index (χ2v) is 4.66. The molecule has 0 bridgehead atoms. The first kappa shape index (κ1) is 14.9. The summed E-state index contributed by atoms with van der Waals surface area (Å²) in [6.45, 7) is 0.605. The molecule has 2 aromatic rings. The number of nitrogens with one attached hydrogen (secondary N) is 1. The molecule has 0 saturated carbocycles. The molecule has 20 heavy (non-hydrogen) atoms. The summed E-state index contributed by atoms with van der Waals surface area (Å²) in [5.74, 6) is 0.565. The Morgan fingerprint density at radius 3 is 2.70 bits per heavy atom. The fourth-order valence-electron chi connectivity index (χ4n) is 1.96. The second-order valence-electron chi connectivity index (χ2n) is 4.66. The lowest BCUT2D eigenvalue weighted by Crippen LogP contribution is -2.25. The fourth-order valence-corrected chi connectivity index (χ4v) is 1.96. The van der Waals surface area contributed by atoms with Gasteiger partial charge in [-0.3, -0.25) is 0 Å². The number of rotatable bonds is 5. The van der Waals surface area contributed by atoms with Crippen molar-refractivity contribution in [2.45, 2.75) is 19.1 Å². The number of hydrogen-bond donors (Lipinski definition) is 1. The van der Waals surface area contributed by atoms with Crippen molar-refractivity contribution in [3.63, 3.8) is 0 Å². The first-order valence-corrected chi connectivity index (χ1v) is 6.21. The number of alkyl halides is 3. The molecule has 0 aliphatic rings. The molecule has 1 aromatic carbocycles. The highest BCUT2D eigenvalue weighted by atomic mass is 19.4. The summed E-state index contributed by atoms with van der Waals surface area (Å²) in [7, 11) is 1.65. The van der Waals surface area contributed by atoms with Gasteiger partial charge in [0.2, 0.25) is 0 Å². The van der Waals surface area contributed by atoms with E-state index < -0.39 is 18.8 Å². The van der Waals surface area contributed by atoms with Gasteiger partial charge in [0.1, 0.15) is 18.0 Å². The van der Waals surface area contributed by atoms with Crippen molar-refractivity contribution < 1.29 is 22.3 Å². The summed E-state index contributed by atoms with van der Waals surface area (Å²) in [5, 5.41) is 3.82. The molecule has 1 heterocycles. The maximum atomic E-state index is 12.1. The number of benzene rings is 1. The number of hydrogen-bond acceptors (Lipinski definition) is 3. The third-order valence-corrected chi connectivity index (χ3v) is 2.93. The Hall–Kier alpha value is -1.53. The number of likely N-dealkylation sites (N-methyl/N-ethyl adjacent to an activating group) is 1. The van der Waals surface area contributed by atoms with Crippen molar-refractivity contribution in [3.05, 3.63) is 35.6 Å². The minimum absolute atomic E-state index is 0.102. The predicted molar refractivity (Wildman–Crippen MR) is 69.6 cm³/mol. The molecular formula is C14H16F3NO2. The van der Waals surface area contributed by atoms with Crippen LogP contribution in [0, 0.1) is 6.92 Å². The highest BCUT2D eigenvalue weighted by Gasteiger charge is 2.28. The van der Waals surface area contributed by atoms with E-state index in [1.165, 1.54) is 0 Å². The van der Waals surface area contributed by atoms with Crippen molar-refractivity contribution in [3.8, 4) is 0 Å². The Balaban J connectivity index is 2.09. The lowest BCUT2D eigenvalue weighted by molar-refractivity contribution is -0.175. The minimum Gasteiger partial charge on any atom is -0.459 e. The molecule has 0 fully saturated rings. The highest BCUT2D eigenvalue weighted by molar-refractivity contribution is 5.78. The quantitative estimate of drug-likeness (QED) is 0.912. The highest BCUT2D eigenvalue weighted by Crippen LogP contribution is 2.25. The molecule has 0 saturated heterocycles.